The summed E-state index contributed by atoms with van der Waals surface area (Å²) in [7, 11) is 0. The molecule has 0 spiro atoms. The molecule has 1 amide bonds. The SMILES string of the molecule is Cc1oc(CNC(=O)C(F)(F)F)cc1C(=O)O. The molecule has 94 valence electrons. The van der Waals surface area contributed by atoms with E-state index in [1.54, 1.807) is 5.32 Å². The van der Waals surface area contributed by atoms with E-state index in [9.17, 15) is 22.8 Å². The fourth-order valence-corrected chi connectivity index (χ4v) is 1.11. The molecule has 0 fully saturated rings. The van der Waals surface area contributed by atoms with Crippen molar-refractivity contribution in [2.75, 3.05) is 0 Å². The number of hydrogen-bond donors (Lipinski definition) is 2. The smallest absolute Gasteiger partial charge is 0.471 e. The first-order chi connectivity index (χ1) is 7.71. The lowest BCUT2D eigenvalue weighted by molar-refractivity contribution is -0.173. The van der Waals surface area contributed by atoms with Crippen LogP contribution >= 0.6 is 0 Å². The van der Waals surface area contributed by atoms with Crippen LogP contribution < -0.4 is 5.32 Å². The second-order valence-electron chi connectivity index (χ2n) is 3.17. The lowest BCUT2D eigenvalue weighted by Crippen LogP contribution is -2.36. The van der Waals surface area contributed by atoms with Gasteiger partial charge in [-0.15, -0.1) is 0 Å². The van der Waals surface area contributed by atoms with E-state index in [1.165, 1.54) is 6.92 Å². The number of furan rings is 1. The number of aryl methyl sites for hydroxylation is 1. The molecule has 1 aromatic rings. The lowest BCUT2D eigenvalue weighted by Gasteiger charge is -2.05. The molecule has 1 rings (SSSR count). The summed E-state index contributed by atoms with van der Waals surface area (Å²) in [5.74, 6) is -3.35. The quantitative estimate of drug-likeness (QED) is 0.852. The topological polar surface area (TPSA) is 79.5 Å². The van der Waals surface area contributed by atoms with Gasteiger partial charge in [-0.3, -0.25) is 4.79 Å². The molecular weight excluding hydrogens is 243 g/mol. The fourth-order valence-electron chi connectivity index (χ4n) is 1.11. The number of nitrogens with one attached hydrogen (secondary N) is 1. The highest BCUT2D eigenvalue weighted by molar-refractivity contribution is 5.88. The number of carbonyl (C=O) groups is 2. The van der Waals surface area contributed by atoms with Gasteiger partial charge in [-0.05, 0) is 13.0 Å². The van der Waals surface area contributed by atoms with Gasteiger partial charge in [0.05, 0.1) is 6.54 Å². The maximum Gasteiger partial charge on any atom is 0.471 e. The van der Waals surface area contributed by atoms with Crippen LogP contribution in [0, 0.1) is 6.92 Å². The zero-order valence-electron chi connectivity index (χ0n) is 8.59. The summed E-state index contributed by atoms with van der Waals surface area (Å²) in [4.78, 5) is 21.1. The summed E-state index contributed by atoms with van der Waals surface area (Å²) in [5, 5.41) is 10.2. The van der Waals surface area contributed by atoms with E-state index in [2.05, 4.69) is 0 Å². The minimum Gasteiger partial charge on any atom is -0.478 e. The number of rotatable bonds is 3. The number of amides is 1. The van der Waals surface area contributed by atoms with Crippen molar-refractivity contribution < 1.29 is 32.3 Å². The predicted molar refractivity (Wildman–Crippen MR) is 48.3 cm³/mol. The minimum absolute atomic E-state index is 0.0579. The highest BCUT2D eigenvalue weighted by Gasteiger charge is 2.38. The van der Waals surface area contributed by atoms with Gasteiger partial charge in [0.15, 0.2) is 0 Å². The monoisotopic (exact) mass is 251 g/mol. The van der Waals surface area contributed by atoms with Gasteiger partial charge in [0.2, 0.25) is 0 Å². The standard InChI is InChI=1S/C9H8F3NO4/c1-4-6(7(14)15)2-5(17-4)3-13-8(16)9(10,11)12/h2H,3H2,1H3,(H,13,16)(H,14,15). The number of aromatic carboxylic acids is 1. The Hall–Kier alpha value is -1.99. The molecule has 0 atom stereocenters. The molecule has 0 bridgehead atoms. The van der Waals surface area contributed by atoms with Crippen molar-refractivity contribution in [1.82, 2.24) is 5.32 Å². The van der Waals surface area contributed by atoms with Crippen molar-refractivity contribution in [2.24, 2.45) is 0 Å². The van der Waals surface area contributed by atoms with Crippen LogP contribution in [0.4, 0.5) is 13.2 Å². The van der Waals surface area contributed by atoms with Gasteiger partial charge in [-0.1, -0.05) is 0 Å². The van der Waals surface area contributed by atoms with Crippen LogP contribution in [0.25, 0.3) is 0 Å². The number of halogens is 3. The van der Waals surface area contributed by atoms with E-state index in [0.29, 0.717) is 0 Å². The van der Waals surface area contributed by atoms with Crippen molar-refractivity contribution >= 4 is 11.9 Å². The molecule has 8 heteroatoms. The van der Waals surface area contributed by atoms with E-state index in [1.807, 2.05) is 0 Å². The van der Waals surface area contributed by atoms with Crippen LogP contribution in [0.5, 0.6) is 0 Å². The number of carboxylic acid groups (broad SMARTS) is 1. The van der Waals surface area contributed by atoms with Crippen molar-refractivity contribution in [1.29, 1.82) is 0 Å². The predicted octanol–water partition coefficient (Wildman–Crippen LogP) is 1.46. The third kappa shape index (κ3) is 3.23. The highest BCUT2D eigenvalue weighted by atomic mass is 19.4. The van der Waals surface area contributed by atoms with Gasteiger partial charge in [-0.25, -0.2) is 4.79 Å². The first kappa shape index (κ1) is 13.1. The molecule has 0 saturated carbocycles. The molecule has 1 aromatic heterocycles. The van der Waals surface area contributed by atoms with E-state index in [-0.39, 0.29) is 17.1 Å². The Morgan fingerprint density at radius 3 is 2.47 bits per heavy atom. The number of carboxylic acids is 1. The largest absolute Gasteiger partial charge is 0.478 e. The summed E-state index contributed by atoms with van der Waals surface area (Å²) in [6.45, 7) is 0.838. The molecule has 0 saturated heterocycles. The summed E-state index contributed by atoms with van der Waals surface area (Å²) >= 11 is 0. The van der Waals surface area contributed by atoms with Gasteiger partial charge in [-0.2, -0.15) is 13.2 Å². The Kier molecular flexibility index (Phi) is 3.45. The normalized spacial score (nSPS) is 11.3. The molecule has 1 heterocycles. The van der Waals surface area contributed by atoms with Crippen LogP contribution in [0.15, 0.2) is 10.5 Å². The van der Waals surface area contributed by atoms with E-state index < -0.39 is 24.6 Å². The van der Waals surface area contributed by atoms with Crippen LogP contribution in [-0.2, 0) is 11.3 Å². The molecule has 0 radical (unpaired) electrons. The van der Waals surface area contributed by atoms with E-state index in [0.717, 1.165) is 6.07 Å². The maximum atomic E-state index is 11.8. The molecule has 0 aromatic carbocycles. The molecule has 0 unspecified atom stereocenters. The molecular formula is C9H8F3NO4. The number of carbonyl (C=O) groups excluding carboxylic acids is 1. The van der Waals surface area contributed by atoms with E-state index >= 15 is 0 Å². The Morgan fingerprint density at radius 2 is 2.06 bits per heavy atom. The Balaban J connectivity index is 2.68. The van der Waals surface area contributed by atoms with Crippen LogP contribution in [0.3, 0.4) is 0 Å². The first-order valence-electron chi connectivity index (χ1n) is 4.39. The molecule has 2 N–H and O–H groups in total. The van der Waals surface area contributed by atoms with Crippen LogP contribution in [0.1, 0.15) is 21.9 Å². The summed E-state index contributed by atoms with van der Waals surface area (Å²) < 4.78 is 40.4. The number of hydrogen-bond acceptors (Lipinski definition) is 3. The zero-order chi connectivity index (χ0) is 13.2. The second-order valence-corrected chi connectivity index (χ2v) is 3.17. The Labute approximate surface area is 93.2 Å². The van der Waals surface area contributed by atoms with Gasteiger partial charge in [0.25, 0.3) is 0 Å². The zero-order valence-corrected chi connectivity index (χ0v) is 8.59. The van der Waals surface area contributed by atoms with Gasteiger partial charge >= 0.3 is 18.1 Å². The van der Waals surface area contributed by atoms with Crippen LogP contribution in [-0.4, -0.2) is 23.2 Å². The summed E-state index contributed by atoms with van der Waals surface area (Å²) in [5.41, 5.74) is -0.152. The van der Waals surface area contributed by atoms with Gasteiger partial charge in [0.1, 0.15) is 17.1 Å². The van der Waals surface area contributed by atoms with E-state index in [4.69, 9.17) is 9.52 Å². The molecule has 17 heavy (non-hydrogen) atoms. The molecule has 5 nitrogen and oxygen atoms in total. The highest BCUT2D eigenvalue weighted by Crippen LogP contribution is 2.17. The van der Waals surface area contributed by atoms with Crippen molar-refractivity contribution in [3.63, 3.8) is 0 Å². The molecule has 0 aliphatic carbocycles. The molecule has 0 aliphatic heterocycles. The average Bonchev–Trinajstić information content (AvgIpc) is 2.54. The fraction of sp³-hybridized carbons (Fsp3) is 0.333. The van der Waals surface area contributed by atoms with Crippen molar-refractivity contribution in [3.8, 4) is 0 Å². The third-order valence-electron chi connectivity index (χ3n) is 1.88. The Bertz CT molecular complexity index is 450. The maximum absolute atomic E-state index is 11.8. The van der Waals surface area contributed by atoms with Gasteiger partial charge < -0.3 is 14.8 Å². The Morgan fingerprint density at radius 1 is 1.47 bits per heavy atom. The minimum atomic E-state index is -4.97. The average molecular weight is 251 g/mol. The van der Waals surface area contributed by atoms with Crippen LogP contribution in [0.2, 0.25) is 0 Å². The summed E-state index contributed by atoms with van der Waals surface area (Å²) in [6, 6.07) is 1.06. The lowest BCUT2D eigenvalue weighted by atomic mass is 10.2. The second kappa shape index (κ2) is 4.48. The van der Waals surface area contributed by atoms with Gasteiger partial charge in [0, 0.05) is 0 Å². The third-order valence-corrected chi connectivity index (χ3v) is 1.88. The van der Waals surface area contributed by atoms with Crippen molar-refractivity contribution in [3.05, 3.63) is 23.2 Å². The first-order valence-corrected chi connectivity index (χ1v) is 4.39. The summed E-state index contributed by atoms with van der Waals surface area (Å²) in [6.07, 6.45) is -4.97. The molecule has 0 aliphatic rings. The number of alkyl halides is 3. The van der Waals surface area contributed by atoms with Crippen molar-refractivity contribution in [2.45, 2.75) is 19.6 Å².